The third kappa shape index (κ3) is 2.30. The van der Waals surface area contributed by atoms with Crippen LogP contribution in [0.2, 0.25) is 0 Å². The first-order valence-electron chi connectivity index (χ1n) is 7.80. The zero-order valence-electron chi connectivity index (χ0n) is 12.5. The Balaban J connectivity index is 1.88. The van der Waals surface area contributed by atoms with Crippen molar-refractivity contribution in [2.24, 2.45) is 5.92 Å². The Bertz CT molecular complexity index is 512. The van der Waals surface area contributed by atoms with Gasteiger partial charge in [-0.15, -0.1) is 0 Å². The summed E-state index contributed by atoms with van der Waals surface area (Å²) in [7, 11) is 1.89. The molecule has 3 heteroatoms. The Hall–Kier alpha value is -1.51. The van der Waals surface area contributed by atoms with E-state index in [4.69, 9.17) is 0 Å². The van der Waals surface area contributed by atoms with Crippen molar-refractivity contribution in [3.05, 3.63) is 29.3 Å². The lowest BCUT2D eigenvalue weighted by Crippen LogP contribution is -2.46. The molecule has 2 fully saturated rings. The summed E-state index contributed by atoms with van der Waals surface area (Å²) in [6.07, 6.45) is 6.25. The van der Waals surface area contributed by atoms with Gasteiger partial charge in [0.2, 0.25) is 0 Å². The highest BCUT2D eigenvalue weighted by atomic mass is 16.2. The normalized spacial score (nSPS) is 25.4. The molecule has 0 aromatic heterocycles. The van der Waals surface area contributed by atoms with Gasteiger partial charge in [-0.3, -0.25) is 4.79 Å². The zero-order valence-corrected chi connectivity index (χ0v) is 12.5. The standard InChI is InChI=1S/C17H24N2O/c1-12-8-9-14(15(11-12)18-2)17(20)19-10-4-6-13-5-3-7-16(13)19/h8-9,11,13,16,18H,3-7,10H2,1-2H3. The van der Waals surface area contributed by atoms with E-state index in [1.54, 1.807) is 0 Å². The molecule has 1 aromatic carbocycles. The van der Waals surface area contributed by atoms with Crippen LogP contribution in [0.4, 0.5) is 5.69 Å². The van der Waals surface area contributed by atoms with Crippen molar-refractivity contribution in [2.75, 3.05) is 18.9 Å². The Morgan fingerprint density at radius 1 is 1.25 bits per heavy atom. The first-order chi connectivity index (χ1) is 9.70. The van der Waals surface area contributed by atoms with E-state index in [2.05, 4.69) is 23.2 Å². The summed E-state index contributed by atoms with van der Waals surface area (Å²) in [6.45, 7) is 2.99. The average Bonchev–Trinajstić information content (AvgIpc) is 2.94. The number of nitrogens with zero attached hydrogens (tertiary/aromatic N) is 1. The third-order valence-corrected chi connectivity index (χ3v) is 4.93. The number of carbonyl (C=O) groups is 1. The number of fused-ring (bicyclic) bond motifs is 1. The van der Waals surface area contributed by atoms with Crippen molar-refractivity contribution in [1.29, 1.82) is 0 Å². The molecule has 1 heterocycles. The number of anilines is 1. The van der Waals surface area contributed by atoms with Crippen LogP contribution < -0.4 is 5.32 Å². The van der Waals surface area contributed by atoms with Gasteiger partial charge in [-0.05, 0) is 56.2 Å². The maximum absolute atomic E-state index is 12.9. The first kappa shape index (κ1) is 13.5. The molecule has 3 rings (SSSR count). The predicted molar refractivity (Wildman–Crippen MR) is 82.1 cm³/mol. The number of hydrogen-bond donors (Lipinski definition) is 1. The molecule has 2 unspecified atom stereocenters. The van der Waals surface area contributed by atoms with E-state index < -0.39 is 0 Å². The molecule has 1 amide bonds. The summed E-state index contributed by atoms with van der Waals surface area (Å²) in [6, 6.07) is 6.55. The smallest absolute Gasteiger partial charge is 0.256 e. The molecule has 3 nitrogen and oxygen atoms in total. The molecule has 0 bridgehead atoms. The summed E-state index contributed by atoms with van der Waals surface area (Å²) >= 11 is 0. The molecule has 2 aliphatic rings. The second-order valence-corrected chi connectivity index (χ2v) is 6.20. The first-order valence-corrected chi connectivity index (χ1v) is 7.80. The zero-order chi connectivity index (χ0) is 14.1. The van der Waals surface area contributed by atoms with Gasteiger partial charge < -0.3 is 10.2 Å². The van der Waals surface area contributed by atoms with Crippen molar-refractivity contribution < 1.29 is 4.79 Å². The van der Waals surface area contributed by atoms with Gasteiger partial charge in [0.15, 0.2) is 0 Å². The van der Waals surface area contributed by atoms with E-state index in [0.29, 0.717) is 6.04 Å². The number of rotatable bonds is 2. The molecule has 20 heavy (non-hydrogen) atoms. The minimum Gasteiger partial charge on any atom is -0.387 e. The number of nitrogens with one attached hydrogen (secondary N) is 1. The molecule has 1 aliphatic carbocycles. The fraction of sp³-hybridized carbons (Fsp3) is 0.588. The Morgan fingerprint density at radius 2 is 2.05 bits per heavy atom. The van der Waals surface area contributed by atoms with Crippen molar-refractivity contribution in [2.45, 2.75) is 45.1 Å². The van der Waals surface area contributed by atoms with E-state index in [-0.39, 0.29) is 5.91 Å². The van der Waals surface area contributed by atoms with Crippen LogP contribution >= 0.6 is 0 Å². The number of hydrogen-bond acceptors (Lipinski definition) is 2. The van der Waals surface area contributed by atoms with Gasteiger partial charge in [0.1, 0.15) is 0 Å². The maximum Gasteiger partial charge on any atom is 0.256 e. The Kier molecular flexibility index (Phi) is 3.68. The Labute approximate surface area is 121 Å². The second kappa shape index (κ2) is 5.47. The van der Waals surface area contributed by atoms with Gasteiger partial charge in [-0.1, -0.05) is 12.5 Å². The third-order valence-electron chi connectivity index (χ3n) is 4.93. The largest absolute Gasteiger partial charge is 0.387 e. The van der Waals surface area contributed by atoms with E-state index in [0.717, 1.165) is 30.1 Å². The molecule has 108 valence electrons. The molecule has 0 radical (unpaired) electrons. The lowest BCUT2D eigenvalue weighted by Gasteiger charge is -2.38. The van der Waals surface area contributed by atoms with Gasteiger partial charge in [0.25, 0.3) is 5.91 Å². The van der Waals surface area contributed by atoms with Crippen molar-refractivity contribution in [3.63, 3.8) is 0 Å². The van der Waals surface area contributed by atoms with Crippen LogP contribution in [0.1, 0.15) is 48.0 Å². The highest BCUT2D eigenvalue weighted by molar-refractivity contribution is 6.00. The van der Waals surface area contributed by atoms with E-state index in [1.807, 2.05) is 19.2 Å². The minimum atomic E-state index is 0.214. The lowest BCUT2D eigenvalue weighted by atomic mass is 9.91. The highest BCUT2D eigenvalue weighted by Crippen LogP contribution is 2.37. The van der Waals surface area contributed by atoms with Crippen LogP contribution in [0, 0.1) is 12.8 Å². The molecule has 1 aliphatic heterocycles. The summed E-state index contributed by atoms with van der Waals surface area (Å²) < 4.78 is 0. The minimum absolute atomic E-state index is 0.214. The van der Waals surface area contributed by atoms with Gasteiger partial charge >= 0.3 is 0 Å². The van der Waals surface area contributed by atoms with Crippen molar-refractivity contribution in [3.8, 4) is 0 Å². The quantitative estimate of drug-likeness (QED) is 0.894. The van der Waals surface area contributed by atoms with Crippen LogP contribution in [0.25, 0.3) is 0 Å². The molecule has 1 saturated heterocycles. The maximum atomic E-state index is 12.9. The van der Waals surface area contributed by atoms with E-state index >= 15 is 0 Å². The van der Waals surface area contributed by atoms with Gasteiger partial charge in [-0.25, -0.2) is 0 Å². The second-order valence-electron chi connectivity index (χ2n) is 6.20. The van der Waals surface area contributed by atoms with E-state index in [1.165, 1.54) is 31.2 Å². The van der Waals surface area contributed by atoms with Crippen molar-refractivity contribution >= 4 is 11.6 Å². The van der Waals surface area contributed by atoms with Crippen LogP contribution in [-0.2, 0) is 0 Å². The SMILES string of the molecule is CNc1cc(C)ccc1C(=O)N1CCCC2CCCC21. The molecule has 0 spiro atoms. The highest BCUT2D eigenvalue weighted by Gasteiger charge is 2.37. The van der Waals surface area contributed by atoms with Gasteiger partial charge in [-0.2, -0.15) is 0 Å². The van der Waals surface area contributed by atoms with Crippen LogP contribution in [0.5, 0.6) is 0 Å². The molecule has 1 aromatic rings. The van der Waals surface area contributed by atoms with Gasteiger partial charge in [0.05, 0.1) is 5.56 Å². The summed E-state index contributed by atoms with van der Waals surface area (Å²) in [5.41, 5.74) is 2.96. The fourth-order valence-corrected chi connectivity index (χ4v) is 3.91. The summed E-state index contributed by atoms with van der Waals surface area (Å²) in [4.78, 5) is 15.1. The number of amides is 1. The number of benzene rings is 1. The molecule has 1 N–H and O–H groups in total. The van der Waals surface area contributed by atoms with Crippen LogP contribution in [0.15, 0.2) is 18.2 Å². The summed E-state index contributed by atoms with van der Waals surface area (Å²) in [5.74, 6) is 0.960. The van der Waals surface area contributed by atoms with Crippen LogP contribution in [0.3, 0.4) is 0 Å². The summed E-state index contributed by atoms with van der Waals surface area (Å²) in [5, 5.41) is 3.17. The number of piperidine rings is 1. The molecule has 2 atom stereocenters. The van der Waals surface area contributed by atoms with E-state index in [9.17, 15) is 4.79 Å². The van der Waals surface area contributed by atoms with Crippen LogP contribution in [-0.4, -0.2) is 30.4 Å². The molecule has 1 saturated carbocycles. The van der Waals surface area contributed by atoms with Crippen molar-refractivity contribution in [1.82, 2.24) is 4.90 Å². The number of aryl methyl sites for hydroxylation is 1. The average molecular weight is 272 g/mol. The topological polar surface area (TPSA) is 32.3 Å². The van der Waals surface area contributed by atoms with Gasteiger partial charge in [0, 0.05) is 25.3 Å². The predicted octanol–water partition coefficient (Wildman–Crippen LogP) is 3.44. The lowest BCUT2D eigenvalue weighted by molar-refractivity contribution is 0.0549. The monoisotopic (exact) mass is 272 g/mol. The number of likely N-dealkylation sites (tertiary alicyclic amines) is 1. The Morgan fingerprint density at radius 3 is 2.85 bits per heavy atom. The fourth-order valence-electron chi connectivity index (χ4n) is 3.91. The number of carbonyl (C=O) groups excluding carboxylic acids is 1. The molecular weight excluding hydrogens is 248 g/mol. The molecular formula is C17H24N2O.